The highest BCUT2D eigenvalue weighted by atomic mass is 19.4. The van der Waals surface area contributed by atoms with Gasteiger partial charge in [0.05, 0.1) is 12.1 Å². The number of carbonyl (C=O) groups is 1. The lowest BCUT2D eigenvalue weighted by atomic mass is 10.1. The van der Waals surface area contributed by atoms with Gasteiger partial charge in [0.2, 0.25) is 0 Å². The Morgan fingerprint density at radius 1 is 1.07 bits per heavy atom. The molecule has 2 N–H and O–H groups in total. The van der Waals surface area contributed by atoms with Gasteiger partial charge >= 0.3 is 12.2 Å². The second-order valence-electron chi connectivity index (χ2n) is 6.04. The second kappa shape index (κ2) is 7.53. The van der Waals surface area contributed by atoms with E-state index in [1.165, 1.54) is 12.1 Å². The molecule has 0 atom stereocenters. The molecule has 140 valence electrons. The molecule has 27 heavy (non-hydrogen) atoms. The number of urea groups is 1. The second-order valence-corrected chi connectivity index (χ2v) is 6.04. The normalized spacial score (nSPS) is 11.3. The number of rotatable bonds is 4. The van der Waals surface area contributed by atoms with Crippen molar-refractivity contribution in [3.8, 4) is 0 Å². The third kappa shape index (κ3) is 5.10. The lowest BCUT2D eigenvalue weighted by Crippen LogP contribution is -2.20. The molecule has 0 spiro atoms. The fourth-order valence-electron chi connectivity index (χ4n) is 2.45. The molecule has 0 aliphatic heterocycles. The van der Waals surface area contributed by atoms with Crippen molar-refractivity contribution in [1.29, 1.82) is 0 Å². The fraction of sp³-hybridized carbons (Fsp3) is 0.158. The van der Waals surface area contributed by atoms with E-state index in [1.807, 2.05) is 31.2 Å². The predicted octanol–water partition coefficient (Wildman–Crippen LogP) is 4.90. The van der Waals surface area contributed by atoms with Crippen LogP contribution in [0.2, 0.25) is 0 Å². The number of nitrogens with zero attached hydrogens (tertiary/aromatic N) is 2. The monoisotopic (exact) mass is 374 g/mol. The van der Waals surface area contributed by atoms with Crippen molar-refractivity contribution in [3.63, 3.8) is 0 Å². The zero-order valence-electron chi connectivity index (χ0n) is 14.4. The zero-order chi connectivity index (χ0) is 19.4. The Hall–Kier alpha value is -3.29. The number of nitrogens with one attached hydrogen (secondary N) is 2. The van der Waals surface area contributed by atoms with Gasteiger partial charge in [-0.2, -0.15) is 18.3 Å². The maximum absolute atomic E-state index is 12.7. The summed E-state index contributed by atoms with van der Waals surface area (Å²) >= 11 is 0. The summed E-state index contributed by atoms with van der Waals surface area (Å²) in [6.45, 7) is 2.54. The number of halogens is 3. The smallest absolute Gasteiger partial charge is 0.308 e. The van der Waals surface area contributed by atoms with E-state index in [9.17, 15) is 18.0 Å². The van der Waals surface area contributed by atoms with E-state index >= 15 is 0 Å². The number of alkyl halides is 3. The van der Waals surface area contributed by atoms with Crippen LogP contribution in [-0.4, -0.2) is 15.8 Å². The maximum Gasteiger partial charge on any atom is 0.416 e. The van der Waals surface area contributed by atoms with Crippen LogP contribution in [0.3, 0.4) is 0 Å². The van der Waals surface area contributed by atoms with Crippen molar-refractivity contribution >= 4 is 17.5 Å². The molecule has 8 heteroatoms. The van der Waals surface area contributed by atoms with Crippen molar-refractivity contribution in [2.75, 3.05) is 10.6 Å². The number of hydrogen-bond acceptors (Lipinski definition) is 2. The molecule has 0 saturated heterocycles. The summed E-state index contributed by atoms with van der Waals surface area (Å²) in [6, 6.07) is 13.3. The number of hydrogen-bond donors (Lipinski definition) is 2. The van der Waals surface area contributed by atoms with E-state index in [0.717, 1.165) is 23.3 Å². The van der Waals surface area contributed by atoms with Crippen LogP contribution in [0.15, 0.2) is 60.8 Å². The molecule has 0 fully saturated rings. The molecule has 0 aliphatic rings. The first-order valence-electron chi connectivity index (χ1n) is 8.14. The number of aromatic nitrogens is 2. The van der Waals surface area contributed by atoms with Crippen molar-refractivity contribution in [3.05, 3.63) is 77.5 Å². The summed E-state index contributed by atoms with van der Waals surface area (Å²) < 4.78 is 39.8. The van der Waals surface area contributed by atoms with Crippen molar-refractivity contribution < 1.29 is 18.0 Å². The number of amides is 2. The van der Waals surface area contributed by atoms with Crippen LogP contribution in [0, 0.1) is 6.92 Å². The molecular formula is C19H17F3N4O. The van der Waals surface area contributed by atoms with Crippen molar-refractivity contribution in [2.45, 2.75) is 19.6 Å². The minimum atomic E-state index is -4.47. The molecule has 0 bridgehead atoms. The Morgan fingerprint density at radius 3 is 2.52 bits per heavy atom. The largest absolute Gasteiger partial charge is 0.416 e. The van der Waals surface area contributed by atoms with Gasteiger partial charge in [0.25, 0.3) is 0 Å². The minimum absolute atomic E-state index is 0.0430. The summed E-state index contributed by atoms with van der Waals surface area (Å²) in [7, 11) is 0. The summed E-state index contributed by atoms with van der Waals surface area (Å²) in [6.07, 6.45) is -2.76. The van der Waals surface area contributed by atoms with E-state index in [2.05, 4.69) is 15.7 Å². The van der Waals surface area contributed by atoms with Gasteiger partial charge in [-0.25, -0.2) is 4.79 Å². The Morgan fingerprint density at radius 2 is 1.81 bits per heavy atom. The van der Waals surface area contributed by atoms with Crippen molar-refractivity contribution in [2.24, 2.45) is 0 Å². The third-order valence-corrected chi connectivity index (χ3v) is 3.80. The Balaban J connectivity index is 1.60. The molecule has 1 heterocycles. The van der Waals surface area contributed by atoms with Crippen LogP contribution >= 0.6 is 0 Å². The Bertz CT molecular complexity index is 933. The average molecular weight is 374 g/mol. The summed E-state index contributed by atoms with van der Waals surface area (Å²) in [5, 5.41) is 9.10. The highest BCUT2D eigenvalue weighted by Crippen LogP contribution is 2.30. The predicted molar refractivity (Wildman–Crippen MR) is 96.6 cm³/mol. The van der Waals surface area contributed by atoms with Crippen LogP contribution in [0.1, 0.15) is 16.7 Å². The molecule has 3 rings (SSSR count). The quantitative estimate of drug-likeness (QED) is 0.682. The highest BCUT2D eigenvalue weighted by Gasteiger charge is 2.30. The molecule has 0 saturated carbocycles. The van der Waals surface area contributed by atoms with Gasteiger partial charge < -0.3 is 5.32 Å². The highest BCUT2D eigenvalue weighted by molar-refractivity contribution is 5.99. The van der Waals surface area contributed by atoms with E-state index < -0.39 is 17.8 Å². The van der Waals surface area contributed by atoms with E-state index in [-0.39, 0.29) is 5.69 Å². The van der Waals surface area contributed by atoms with Crippen molar-refractivity contribution in [1.82, 2.24) is 9.78 Å². The molecule has 0 unspecified atom stereocenters. The van der Waals surface area contributed by atoms with E-state index in [1.54, 1.807) is 16.9 Å². The van der Waals surface area contributed by atoms with Crippen LogP contribution in [-0.2, 0) is 12.7 Å². The van der Waals surface area contributed by atoms with E-state index in [0.29, 0.717) is 12.4 Å². The van der Waals surface area contributed by atoms with Gasteiger partial charge in [-0.1, -0.05) is 35.9 Å². The molecule has 0 radical (unpaired) electrons. The SMILES string of the molecule is Cc1ccc(Cn2ccc(NC(=O)Nc3cccc(C(F)(F)F)c3)n2)cc1. The molecular weight excluding hydrogens is 357 g/mol. The Kier molecular flexibility index (Phi) is 5.16. The van der Waals surface area contributed by atoms with Gasteiger partial charge in [-0.3, -0.25) is 10.00 Å². The van der Waals surface area contributed by atoms with Gasteiger partial charge in [-0.15, -0.1) is 0 Å². The number of carbonyl (C=O) groups excluding carboxylic acids is 1. The maximum atomic E-state index is 12.7. The first-order valence-corrected chi connectivity index (χ1v) is 8.14. The van der Waals surface area contributed by atoms with Gasteiger partial charge in [0.15, 0.2) is 5.82 Å². The van der Waals surface area contributed by atoms with Crippen LogP contribution < -0.4 is 10.6 Å². The molecule has 0 aliphatic carbocycles. The number of benzene rings is 2. The first-order chi connectivity index (χ1) is 12.8. The van der Waals surface area contributed by atoms with Crippen LogP contribution in [0.5, 0.6) is 0 Å². The molecule has 2 amide bonds. The van der Waals surface area contributed by atoms with Gasteiger partial charge in [0, 0.05) is 18.0 Å². The molecule has 2 aromatic carbocycles. The lowest BCUT2D eigenvalue weighted by Gasteiger charge is -2.10. The average Bonchev–Trinajstić information content (AvgIpc) is 3.03. The minimum Gasteiger partial charge on any atom is -0.308 e. The number of anilines is 2. The molecule has 3 aromatic rings. The topological polar surface area (TPSA) is 59.0 Å². The summed E-state index contributed by atoms with van der Waals surface area (Å²) in [5.74, 6) is 0.298. The fourth-order valence-corrected chi connectivity index (χ4v) is 2.45. The van der Waals surface area contributed by atoms with Gasteiger partial charge in [0.1, 0.15) is 0 Å². The van der Waals surface area contributed by atoms with Gasteiger partial charge in [-0.05, 0) is 30.7 Å². The standard InChI is InChI=1S/C19H17F3N4O/c1-13-5-7-14(8-6-13)12-26-10-9-17(25-26)24-18(27)23-16-4-2-3-15(11-16)19(20,21)22/h2-11H,12H2,1H3,(H2,23,24,25,27). The lowest BCUT2D eigenvalue weighted by molar-refractivity contribution is -0.137. The summed E-state index contributed by atoms with van der Waals surface area (Å²) in [4.78, 5) is 12.0. The molecule has 5 nitrogen and oxygen atoms in total. The van der Waals surface area contributed by atoms with Crippen LogP contribution in [0.25, 0.3) is 0 Å². The van der Waals surface area contributed by atoms with E-state index in [4.69, 9.17) is 0 Å². The van der Waals surface area contributed by atoms with Crippen LogP contribution in [0.4, 0.5) is 29.5 Å². The number of aryl methyl sites for hydroxylation is 1. The zero-order valence-corrected chi connectivity index (χ0v) is 14.4. The molecule has 1 aromatic heterocycles. The Labute approximate surface area is 153 Å². The third-order valence-electron chi connectivity index (χ3n) is 3.80. The summed E-state index contributed by atoms with van der Waals surface area (Å²) in [5.41, 5.74) is 1.43. The first kappa shape index (κ1) is 18.5.